The van der Waals surface area contributed by atoms with Crippen LogP contribution in [0.2, 0.25) is 10.0 Å². The number of aromatic nitrogens is 1. The molecule has 0 aliphatic carbocycles. The standard InChI is InChI=1S/C26H16Cl2N4O5/c27-20-5-3-7-22(23(20)28)31-25(34)19(24(33)29-26(31)35)12-16-14-30(21-6-2-1-4-18(16)21)13-15-8-10-17(11-9-15)32(36)37/h1-12,14H,13H2,(H,29,33,35)/b19-12+. The Morgan fingerprint density at radius 2 is 1.68 bits per heavy atom. The van der Waals surface area contributed by atoms with Crippen LogP contribution in [0.4, 0.5) is 16.2 Å². The van der Waals surface area contributed by atoms with Crippen molar-refractivity contribution in [1.82, 2.24) is 9.88 Å². The Balaban J connectivity index is 1.55. The molecule has 37 heavy (non-hydrogen) atoms. The maximum Gasteiger partial charge on any atom is 0.336 e. The van der Waals surface area contributed by atoms with Gasteiger partial charge in [0.05, 0.1) is 20.7 Å². The van der Waals surface area contributed by atoms with E-state index in [1.807, 2.05) is 28.8 Å². The Morgan fingerprint density at radius 3 is 2.41 bits per heavy atom. The first-order valence-corrected chi connectivity index (χ1v) is 11.7. The first kappa shape index (κ1) is 24.2. The Bertz CT molecular complexity index is 1640. The smallest absolute Gasteiger partial charge is 0.336 e. The molecule has 0 bridgehead atoms. The number of hydrogen-bond acceptors (Lipinski definition) is 5. The van der Waals surface area contributed by atoms with Gasteiger partial charge in [-0.05, 0) is 29.8 Å². The van der Waals surface area contributed by atoms with Gasteiger partial charge in [0.2, 0.25) is 0 Å². The van der Waals surface area contributed by atoms with E-state index < -0.39 is 22.8 Å². The summed E-state index contributed by atoms with van der Waals surface area (Å²) in [4.78, 5) is 49.9. The van der Waals surface area contributed by atoms with E-state index in [1.165, 1.54) is 36.4 Å². The van der Waals surface area contributed by atoms with Crippen molar-refractivity contribution < 1.29 is 19.3 Å². The zero-order valence-electron chi connectivity index (χ0n) is 18.9. The number of rotatable bonds is 5. The Hall–Kier alpha value is -4.47. The molecule has 2 heterocycles. The summed E-state index contributed by atoms with van der Waals surface area (Å²) in [6.45, 7) is 0.393. The molecule has 1 aliphatic heterocycles. The highest BCUT2D eigenvalue weighted by molar-refractivity contribution is 6.46. The minimum atomic E-state index is -0.933. The van der Waals surface area contributed by atoms with E-state index >= 15 is 0 Å². The number of urea groups is 1. The van der Waals surface area contributed by atoms with E-state index in [-0.39, 0.29) is 27.0 Å². The van der Waals surface area contributed by atoms with Crippen LogP contribution >= 0.6 is 23.2 Å². The lowest BCUT2D eigenvalue weighted by molar-refractivity contribution is -0.384. The highest BCUT2D eigenvalue weighted by Crippen LogP contribution is 2.35. The normalized spacial score (nSPS) is 14.9. The number of carbonyl (C=O) groups excluding carboxylic acids is 3. The number of imide groups is 2. The molecule has 9 nitrogen and oxygen atoms in total. The van der Waals surface area contributed by atoms with Crippen LogP contribution in [0.5, 0.6) is 0 Å². The number of amides is 4. The zero-order valence-corrected chi connectivity index (χ0v) is 20.4. The van der Waals surface area contributed by atoms with Crippen molar-refractivity contribution in [2.45, 2.75) is 6.54 Å². The fourth-order valence-electron chi connectivity index (χ4n) is 4.14. The van der Waals surface area contributed by atoms with Crippen LogP contribution in [0.3, 0.4) is 0 Å². The van der Waals surface area contributed by atoms with Gasteiger partial charge >= 0.3 is 6.03 Å². The van der Waals surface area contributed by atoms with Crippen LogP contribution in [0.1, 0.15) is 11.1 Å². The molecule has 1 aliphatic rings. The number of para-hydroxylation sites is 1. The molecule has 1 fully saturated rings. The molecule has 0 unspecified atom stereocenters. The van der Waals surface area contributed by atoms with Crippen molar-refractivity contribution in [3.63, 3.8) is 0 Å². The van der Waals surface area contributed by atoms with Crippen molar-refractivity contribution >= 4 is 69.4 Å². The summed E-state index contributed by atoms with van der Waals surface area (Å²) in [6.07, 6.45) is 3.19. The van der Waals surface area contributed by atoms with E-state index in [9.17, 15) is 24.5 Å². The van der Waals surface area contributed by atoms with Crippen molar-refractivity contribution in [3.8, 4) is 0 Å². The molecule has 5 rings (SSSR count). The van der Waals surface area contributed by atoms with E-state index in [4.69, 9.17) is 23.2 Å². The van der Waals surface area contributed by atoms with Gasteiger partial charge in [0.25, 0.3) is 17.5 Å². The summed E-state index contributed by atoms with van der Waals surface area (Å²) in [5.41, 5.74) is 2.01. The number of anilines is 1. The number of carbonyl (C=O) groups is 3. The van der Waals surface area contributed by atoms with E-state index in [0.717, 1.165) is 21.4 Å². The van der Waals surface area contributed by atoms with Gasteiger partial charge < -0.3 is 4.57 Å². The van der Waals surface area contributed by atoms with Gasteiger partial charge in [-0.2, -0.15) is 0 Å². The maximum absolute atomic E-state index is 13.3. The molecular weight excluding hydrogens is 519 g/mol. The summed E-state index contributed by atoms with van der Waals surface area (Å²) < 4.78 is 1.91. The second-order valence-corrected chi connectivity index (χ2v) is 8.97. The molecule has 0 atom stereocenters. The molecular formula is C26H16Cl2N4O5. The molecule has 11 heteroatoms. The maximum atomic E-state index is 13.3. The number of barbiturate groups is 1. The van der Waals surface area contributed by atoms with Crippen LogP contribution in [0, 0.1) is 10.1 Å². The molecule has 0 saturated carbocycles. The number of nitro benzene ring substituents is 1. The van der Waals surface area contributed by atoms with Crippen molar-refractivity contribution in [1.29, 1.82) is 0 Å². The van der Waals surface area contributed by atoms with Crippen LogP contribution in [0.15, 0.2) is 78.5 Å². The summed E-state index contributed by atoms with van der Waals surface area (Å²) in [7, 11) is 0. The minimum absolute atomic E-state index is 0.000987. The summed E-state index contributed by atoms with van der Waals surface area (Å²) in [6, 6.07) is 17.2. The number of benzene rings is 3. The van der Waals surface area contributed by atoms with Crippen LogP contribution in [0.25, 0.3) is 17.0 Å². The molecule has 0 spiro atoms. The van der Waals surface area contributed by atoms with Crippen LogP contribution < -0.4 is 10.2 Å². The van der Waals surface area contributed by atoms with Crippen LogP contribution in [-0.2, 0) is 16.1 Å². The van der Waals surface area contributed by atoms with Gasteiger partial charge in [0, 0.05) is 41.3 Å². The number of nitrogens with one attached hydrogen (secondary N) is 1. The molecule has 1 aromatic heterocycles. The topological polar surface area (TPSA) is 115 Å². The molecule has 184 valence electrons. The fraction of sp³-hybridized carbons (Fsp3) is 0.0385. The predicted molar refractivity (Wildman–Crippen MR) is 140 cm³/mol. The van der Waals surface area contributed by atoms with Crippen molar-refractivity contribution in [3.05, 3.63) is 110 Å². The van der Waals surface area contributed by atoms with Crippen molar-refractivity contribution in [2.24, 2.45) is 0 Å². The molecule has 1 N–H and O–H groups in total. The second kappa shape index (κ2) is 9.53. The predicted octanol–water partition coefficient (Wildman–Crippen LogP) is 5.57. The van der Waals surface area contributed by atoms with Gasteiger partial charge in [-0.3, -0.25) is 25.0 Å². The Morgan fingerprint density at radius 1 is 0.946 bits per heavy atom. The zero-order chi connectivity index (χ0) is 26.3. The molecule has 4 amide bonds. The van der Waals surface area contributed by atoms with Crippen LogP contribution in [-0.4, -0.2) is 27.3 Å². The number of nitrogens with zero attached hydrogens (tertiary/aromatic N) is 3. The first-order valence-electron chi connectivity index (χ1n) is 10.9. The Labute approximate surface area is 219 Å². The second-order valence-electron chi connectivity index (χ2n) is 8.18. The number of fused-ring (bicyclic) bond motifs is 1. The SMILES string of the molecule is O=C1NC(=O)N(c2cccc(Cl)c2Cl)C(=O)/C1=C/c1cn(Cc2ccc([N+](=O)[O-])cc2)c2ccccc12. The van der Waals surface area contributed by atoms with E-state index in [1.54, 1.807) is 18.3 Å². The van der Waals surface area contributed by atoms with Crippen molar-refractivity contribution in [2.75, 3.05) is 4.90 Å². The van der Waals surface area contributed by atoms with Gasteiger partial charge in [0.15, 0.2) is 0 Å². The lowest BCUT2D eigenvalue weighted by Gasteiger charge is -2.27. The van der Waals surface area contributed by atoms with Gasteiger partial charge in [-0.25, -0.2) is 9.69 Å². The highest BCUT2D eigenvalue weighted by Gasteiger charge is 2.38. The van der Waals surface area contributed by atoms with Gasteiger partial charge in [-0.15, -0.1) is 0 Å². The molecule has 3 aromatic carbocycles. The third-order valence-electron chi connectivity index (χ3n) is 5.89. The van der Waals surface area contributed by atoms with Gasteiger partial charge in [0.1, 0.15) is 5.57 Å². The average molecular weight is 535 g/mol. The molecule has 1 saturated heterocycles. The molecule has 0 radical (unpaired) electrons. The lowest BCUT2D eigenvalue weighted by atomic mass is 10.1. The number of halogens is 2. The summed E-state index contributed by atoms with van der Waals surface area (Å²) in [5, 5.41) is 14.1. The largest absolute Gasteiger partial charge is 0.342 e. The van der Waals surface area contributed by atoms with Gasteiger partial charge in [-0.1, -0.05) is 59.6 Å². The fourth-order valence-corrected chi connectivity index (χ4v) is 4.52. The average Bonchev–Trinajstić information content (AvgIpc) is 3.21. The first-order chi connectivity index (χ1) is 17.7. The number of hydrogen-bond donors (Lipinski definition) is 1. The van der Waals surface area contributed by atoms with E-state index in [0.29, 0.717) is 12.1 Å². The third kappa shape index (κ3) is 4.46. The minimum Gasteiger partial charge on any atom is -0.342 e. The summed E-state index contributed by atoms with van der Waals surface area (Å²) in [5.74, 6) is -1.68. The Kier molecular flexibility index (Phi) is 6.24. The summed E-state index contributed by atoms with van der Waals surface area (Å²) >= 11 is 12.3. The number of non-ortho nitro benzene ring substituents is 1. The third-order valence-corrected chi connectivity index (χ3v) is 6.70. The number of nitro groups is 1. The highest BCUT2D eigenvalue weighted by atomic mass is 35.5. The quantitative estimate of drug-likeness (QED) is 0.155. The molecule has 4 aromatic rings. The van der Waals surface area contributed by atoms with E-state index in [2.05, 4.69) is 5.32 Å². The monoisotopic (exact) mass is 534 g/mol. The lowest BCUT2D eigenvalue weighted by Crippen LogP contribution is -2.54.